The molecule has 0 saturated heterocycles. The first kappa shape index (κ1) is 31.1. The predicted molar refractivity (Wildman–Crippen MR) is 109 cm³/mol. The van der Waals surface area contributed by atoms with Crippen molar-refractivity contribution in [2.45, 2.75) is 60.8 Å². The van der Waals surface area contributed by atoms with Crippen molar-refractivity contribution in [3.05, 3.63) is 11.3 Å². The Labute approximate surface area is 172 Å². The maximum absolute atomic E-state index is 11.4. The molecule has 0 aromatic heterocycles. The lowest BCUT2D eigenvalue weighted by atomic mass is 9.99. The second kappa shape index (κ2) is 20.2. The van der Waals surface area contributed by atoms with Crippen LogP contribution in [0.3, 0.4) is 0 Å². The number of hydrogen-bond acceptors (Lipinski definition) is 10. The predicted octanol–water partition coefficient (Wildman–Crippen LogP) is 1.90. The standard InChI is InChI=1S/C9H14N2O2.C9H14O4.CH4.H3NO/c1-3-8-7(5-6-10-11-8)9(12)13-4-2;1-3-8(11)7(5-6-10)9(12)13-4-2;;1-2/h6,11H,3-5H2,1-2H3;6-7H,3-5H2,1-2H3;1H4;2H,1H2. The maximum Gasteiger partial charge on any atom is 0.336 e. The van der Waals surface area contributed by atoms with E-state index in [1.54, 1.807) is 27.0 Å². The number of nitrogens with one attached hydrogen (secondary N) is 1. The lowest BCUT2D eigenvalue weighted by Gasteiger charge is -2.14. The van der Waals surface area contributed by atoms with Crippen LogP contribution in [0.5, 0.6) is 0 Å². The van der Waals surface area contributed by atoms with Crippen molar-refractivity contribution in [2.75, 3.05) is 13.2 Å². The van der Waals surface area contributed by atoms with E-state index >= 15 is 0 Å². The first-order valence-corrected chi connectivity index (χ1v) is 9.01. The van der Waals surface area contributed by atoms with Gasteiger partial charge < -0.3 is 19.5 Å². The molecule has 10 nitrogen and oxygen atoms in total. The number of aldehydes is 1. The van der Waals surface area contributed by atoms with Crippen LogP contribution in [0.25, 0.3) is 0 Å². The largest absolute Gasteiger partial charge is 0.465 e. The Bertz CT molecular complexity index is 560. The molecule has 0 bridgehead atoms. The summed E-state index contributed by atoms with van der Waals surface area (Å²) in [6.45, 7) is 7.73. The minimum absolute atomic E-state index is 0. The molecule has 0 aliphatic carbocycles. The smallest absolute Gasteiger partial charge is 0.336 e. The molecule has 1 unspecified atom stereocenters. The van der Waals surface area contributed by atoms with E-state index < -0.39 is 11.9 Å². The number of hydrogen-bond donors (Lipinski definition) is 3. The molecule has 0 aromatic carbocycles. The summed E-state index contributed by atoms with van der Waals surface area (Å²) in [5.74, 6) is 1.52. The zero-order chi connectivity index (χ0) is 21.9. The van der Waals surface area contributed by atoms with Gasteiger partial charge in [-0.2, -0.15) is 5.10 Å². The van der Waals surface area contributed by atoms with E-state index in [1.807, 2.05) is 6.92 Å². The Kier molecular flexibility index (Phi) is 21.6. The van der Waals surface area contributed by atoms with Gasteiger partial charge in [0.1, 0.15) is 18.0 Å². The summed E-state index contributed by atoms with van der Waals surface area (Å²) in [6, 6.07) is 0. The number of ketones is 1. The Morgan fingerprint density at radius 3 is 2.24 bits per heavy atom. The number of nitrogens with two attached hydrogens (primary N) is 1. The summed E-state index contributed by atoms with van der Waals surface area (Å²) in [5, 5.41) is 10.4. The minimum Gasteiger partial charge on any atom is -0.465 e. The number of rotatable bonds is 9. The van der Waals surface area contributed by atoms with E-state index in [0.717, 1.165) is 12.1 Å². The lowest BCUT2D eigenvalue weighted by Crippen LogP contribution is -2.26. The fourth-order valence-electron chi connectivity index (χ4n) is 2.11. The van der Waals surface area contributed by atoms with Crippen LogP contribution in [-0.4, -0.2) is 48.6 Å². The molecule has 1 aliphatic rings. The molecular formula is C19H35N3O7. The quantitative estimate of drug-likeness (QED) is 0.220. The molecule has 1 heterocycles. The lowest BCUT2D eigenvalue weighted by molar-refractivity contribution is -0.152. The van der Waals surface area contributed by atoms with Crippen LogP contribution in [0.2, 0.25) is 0 Å². The molecule has 4 N–H and O–H groups in total. The molecule has 10 heteroatoms. The number of hydrazone groups is 1. The second-order valence-corrected chi connectivity index (χ2v) is 5.19. The molecule has 0 saturated carbocycles. The minimum atomic E-state index is -0.901. The summed E-state index contributed by atoms with van der Waals surface area (Å²) in [7, 11) is 0. The third-order valence-electron chi connectivity index (χ3n) is 3.47. The fourth-order valence-corrected chi connectivity index (χ4v) is 2.11. The number of allylic oxidation sites excluding steroid dienone is 1. The van der Waals surface area contributed by atoms with Crippen LogP contribution in [0.4, 0.5) is 0 Å². The SMILES string of the molecule is C.CCOC(=O)C(CC=O)C(=O)CC.CCOC(=O)C1=C(CC)NN=CC1.NO. The monoisotopic (exact) mass is 417 g/mol. The van der Waals surface area contributed by atoms with Gasteiger partial charge in [0.25, 0.3) is 0 Å². The Morgan fingerprint density at radius 1 is 1.21 bits per heavy atom. The number of nitrogens with zero attached hydrogens (tertiary/aromatic N) is 1. The highest BCUT2D eigenvalue weighted by Crippen LogP contribution is 2.14. The molecule has 0 radical (unpaired) electrons. The number of Topliss-reactive ketones (excluding diaryl/α,β-unsaturated/α-hetero) is 1. The van der Waals surface area contributed by atoms with Gasteiger partial charge in [-0.3, -0.25) is 15.0 Å². The van der Waals surface area contributed by atoms with Crippen LogP contribution in [0.1, 0.15) is 60.8 Å². The van der Waals surface area contributed by atoms with Crippen molar-refractivity contribution in [2.24, 2.45) is 16.9 Å². The average Bonchev–Trinajstić information content (AvgIpc) is 2.73. The van der Waals surface area contributed by atoms with Gasteiger partial charge in [-0.15, -0.1) is 0 Å². The van der Waals surface area contributed by atoms with Crippen molar-refractivity contribution in [1.29, 1.82) is 0 Å². The molecule has 168 valence electrons. The highest BCUT2D eigenvalue weighted by Gasteiger charge is 2.25. The first-order chi connectivity index (χ1) is 13.5. The zero-order valence-corrected chi connectivity index (χ0v) is 16.9. The summed E-state index contributed by atoms with van der Waals surface area (Å²) in [4.78, 5) is 43.9. The van der Waals surface area contributed by atoms with Gasteiger partial charge in [-0.1, -0.05) is 21.3 Å². The normalized spacial score (nSPS) is 12.5. The summed E-state index contributed by atoms with van der Waals surface area (Å²) in [6.07, 6.45) is 3.74. The number of ether oxygens (including phenoxy) is 2. The van der Waals surface area contributed by atoms with E-state index in [4.69, 9.17) is 9.94 Å². The van der Waals surface area contributed by atoms with Crippen molar-refractivity contribution < 1.29 is 33.9 Å². The fraction of sp³-hybridized carbons (Fsp3) is 0.632. The van der Waals surface area contributed by atoms with Crippen LogP contribution in [0, 0.1) is 5.92 Å². The van der Waals surface area contributed by atoms with Crippen LogP contribution in [-0.2, 0) is 28.7 Å². The molecule has 1 aliphatic heterocycles. The van der Waals surface area contributed by atoms with E-state index in [9.17, 15) is 19.2 Å². The van der Waals surface area contributed by atoms with Crippen molar-refractivity contribution in [3.63, 3.8) is 0 Å². The molecule has 0 amide bonds. The number of esters is 2. The Hall–Kier alpha value is -2.59. The average molecular weight is 418 g/mol. The highest BCUT2D eigenvalue weighted by atomic mass is 16.5. The van der Waals surface area contributed by atoms with Crippen LogP contribution >= 0.6 is 0 Å². The van der Waals surface area contributed by atoms with Gasteiger partial charge >= 0.3 is 11.9 Å². The van der Waals surface area contributed by atoms with Crippen molar-refractivity contribution >= 4 is 30.2 Å². The molecule has 1 rings (SSSR count). The second-order valence-electron chi connectivity index (χ2n) is 5.19. The van der Waals surface area contributed by atoms with Gasteiger partial charge in [0, 0.05) is 31.2 Å². The van der Waals surface area contributed by atoms with Gasteiger partial charge in [0.15, 0.2) is 0 Å². The molecular weight excluding hydrogens is 382 g/mol. The van der Waals surface area contributed by atoms with Crippen molar-refractivity contribution in [3.8, 4) is 0 Å². The van der Waals surface area contributed by atoms with Gasteiger partial charge in [-0.05, 0) is 20.3 Å². The summed E-state index contributed by atoms with van der Waals surface area (Å²) in [5.41, 5.74) is 4.36. The summed E-state index contributed by atoms with van der Waals surface area (Å²) >= 11 is 0. The molecule has 0 fully saturated rings. The van der Waals surface area contributed by atoms with Gasteiger partial charge in [0.05, 0.1) is 18.8 Å². The van der Waals surface area contributed by atoms with Gasteiger partial charge in [0.2, 0.25) is 0 Å². The first-order valence-electron chi connectivity index (χ1n) is 9.01. The van der Waals surface area contributed by atoms with Crippen LogP contribution in [0.15, 0.2) is 16.4 Å². The number of carbonyl (C=O) groups excluding carboxylic acids is 4. The maximum atomic E-state index is 11.4. The van der Waals surface area contributed by atoms with Crippen LogP contribution < -0.4 is 11.3 Å². The van der Waals surface area contributed by atoms with Crippen molar-refractivity contribution in [1.82, 2.24) is 5.43 Å². The third-order valence-corrected chi connectivity index (χ3v) is 3.47. The topological polar surface area (TPSA) is 157 Å². The molecule has 0 aromatic rings. The van der Waals surface area contributed by atoms with Gasteiger partial charge in [-0.25, -0.2) is 10.7 Å². The molecule has 0 spiro atoms. The third kappa shape index (κ3) is 12.5. The van der Waals surface area contributed by atoms with E-state index in [0.29, 0.717) is 24.9 Å². The molecule has 1 atom stereocenters. The van der Waals surface area contributed by atoms with E-state index in [-0.39, 0.29) is 38.6 Å². The van der Waals surface area contributed by atoms with E-state index in [1.165, 1.54) is 0 Å². The highest BCUT2D eigenvalue weighted by molar-refractivity contribution is 6.00. The molecule has 29 heavy (non-hydrogen) atoms. The Morgan fingerprint density at radius 2 is 1.79 bits per heavy atom. The number of carbonyl (C=O) groups is 4. The Balaban J connectivity index is -0.000000416. The zero-order valence-electron chi connectivity index (χ0n) is 16.9. The van der Waals surface area contributed by atoms with E-state index in [2.05, 4.69) is 21.2 Å². The summed E-state index contributed by atoms with van der Waals surface area (Å²) < 4.78 is 9.58.